The molecule has 1 aliphatic rings. The minimum absolute atomic E-state index is 0.331. The fraction of sp³-hybridized carbons (Fsp3) is 0.538. The Hall–Kier alpha value is -0.660. The van der Waals surface area contributed by atoms with Gasteiger partial charge in [-0.1, -0.05) is 12.1 Å². The van der Waals surface area contributed by atoms with Gasteiger partial charge >= 0.3 is 0 Å². The molecule has 0 spiro atoms. The summed E-state index contributed by atoms with van der Waals surface area (Å²) < 4.78 is 5.43. The second-order valence-corrected chi connectivity index (χ2v) is 8.59. The highest BCUT2D eigenvalue weighted by Crippen LogP contribution is 2.43. The van der Waals surface area contributed by atoms with Gasteiger partial charge in [-0.3, -0.25) is 0 Å². The SMILES string of the molecule is CCC1SCCSC1c1noc(-c2cc(C)sc2N)n1. The second-order valence-electron chi connectivity index (χ2n) is 4.70. The van der Waals surface area contributed by atoms with Crippen molar-refractivity contribution in [3.05, 3.63) is 16.8 Å². The predicted molar refractivity (Wildman–Crippen MR) is 88.5 cm³/mol. The fourth-order valence-corrected chi connectivity index (χ4v) is 6.06. The lowest BCUT2D eigenvalue weighted by molar-refractivity contribution is 0.421. The average molecular weight is 328 g/mol. The number of hydrogen-bond donors (Lipinski definition) is 1. The molecule has 2 aromatic heterocycles. The average Bonchev–Trinajstić information content (AvgIpc) is 3.05. The molecule has 2 N–H and O–H groups in total. The largest absolute Gasteiger partial charge is 0.390 e. The number of nitrogens with two attached hydrogens (primary N) is 1. The summed E-state index contributed by atoms with van der Waals surface area (Å²) in [7, 11) is 0. The van der Waals surface area contributed by atoms with Crippen molar-refractivity contribution < 1.29 is 4.52 Å². The van der Waals surface area contributed by atoms with E-state index in [-0.39, 0.29) is 0 Å². The minimum atomic E-state index is 0.331. The Balaban J connectivity index is 1.88. The first-order chi connectivity index (χ1) is 9.69. The molecule has 0 aromatic carbocycles. The fourth-order valence-electron chi connectivity index (χ4n) is 2.30. The maximum Gasteiger partial charge on any atom is 0.260 e. The lowest BCUT2D eigenvalue weighted by Gasteiger charge is -2.27. The number of aromatic nitrogens is 2. The Morgan fingerprint density at radius 2 is 2.20 bits per heavy atom. The van der Waals surface area contributed by atoms with Crippen LogP contribution >= 0.6 is 34.9 Å². The Labute approximate surface area is 130 Å². The summed E-state index contributed by atoms with van der Waals surface area (Å²) in [6.45, 7) is 4.25. The third-order valence-corrected chi connectivity index (χ3v) is 7.39. The van der Waals surface area contributed by atoms with Crippen LogP contribution in [0.4, 0.5) is 5.00 Å². The second kappa shape index (κ2) is 5.99. The summed E-state index contributed by atoms with van der Waals surface area (Å²) in [5.74, 6) is 3.72. The molecule has 0 amide bonds. The molecule has 0 radical (unpaired) electrons. The van der Waals surface area contributed by atoms with E-state index in [1.54, 1.807) is 11.3 Å². The molecule has 3 heterocycles. The van der Waals surface area contributed by atoms with Crippen LogP contribution in [0.1, 0.15) is 29.3 Å². The Bertz CT molecular complexity index is 595. The third-order valence-electron chi connectivity index (χ3n) is 3.26. The summed E-state index contributed by atoms with van der Waals surface area (Å²) in [6, 6.07) is 2.01. The maximum absolute atomic E-state index is 6.00. The van der Waals surface area contributed by atoms with E-state index in [9.17, 15) is 0 Å². The van der Waals surface area contributed by atoms with Crippen LogP contribution in [0.5, 0.6) is 0 Å². The first kappa shape index (κ1) is 14.3. The van der Waals surface area contributed by atoms with E-state index in [0.717, 1.165) is 33.4 Å². The van der Waals surface area contributed by atoms with Crippen LogP contribution in [0, 0.1) is 6.92 Å². The van der Waals surface area contributed by atoms with Gasteiger partial charge < -0.3 is 10.3 Å². The number of hydrogen-bond acceptors (Lipinski definition) is 7. The Morgan fingerprint density at radius 3 is 2.90 bits per heavy atom. The molecule has 1 fully saturated rings. The normalized spacial score (nSPS) is 23.1. The summed E-state index contributed by atoms with van der Waals surface area (Å²) >= 11 is 5.50. The molecule has 3 rings (SSSR count). The summed E-state index contributed by atoms with van der Waals surface area (Å²) in [5.41, 5.74) is 6.86. The lowest BCUT2D eigenvalue weighted by Crippen LogP contribution is -2.19. The topological polar surface area (TPSA) is 64.9 Å². The van der Waals surface area contributed by atoms with Crippen LogP contribution in [-0.2, 0) is 0 Å². The molecular formula is C13H17N3OS3. The number of aryl methyl sites for hydroxylation is 1. The van der Waals surface area contributed by atoms with Gasteiger partial charge in [0.05, 0.1) is 15.8 Å². The van der Waals surface area contributed by atoms with Crippen molar-refractivity contribution in [1.29, 1.82) is 0 Å². The number of thiophene rings is 1. The van der Waals surface area contributed by atoms with Crippen LogP contribution in [0.25, 0.3) is 11.5 Å². The molecule has 1 aliphatic heterocycles. The first-order valence-electron chi connectivity index (χ1n) is 6.62. The molecule has 20 heavy (non-hydrogen) atoms. The van der Waals surface area contributed by atoms with E-state index >= 15 is 0 Å². The van der Waals surface area contributed by atoms with Crippen molar-refractivity contribution >= 4 is 39.9 Å². The van der Waals surface area contributed by atoms with Gasteiger partial charge in [-0.25, -0.2) is 0 Å². The molecule has 2 atom stereocenters. The smallest absolute Gasteiger partial charge is 0.260 e. The van der Waals surface area contributed by atoms with Crippen molar-refractivity contribution in [2.24, 2.45) is 0 Å². The zero-order valence-electron chi connectivity index (χ0n) is 11.5. The molecule has 1 saturated heterocycles. The number of nitrogen functional groups attached to an aromatic ring is 1. The van der Waals surface area contributed by atoms with Crippen molar-refractivity contribution in [2.45, 2.75) is 30.8 Å². The van der Waals surface area contributed by atoms with Crippen molar-refractivity contribution in [1.82, 2.24) is 10.1 Å². The van der Waals surface area contributed by atoms with E-state index < -0.39 is 0 Å². The molecular weight excluding hydrogens is 310 g/mol. The lowest BCUT2D eigenvalue weighted by atomic mass is 10.2. The molecule has 0 saturated carbocycles. The zero-order valence-corrected chi connectivity index (χ0v) is 13.9. The third kappa shape index (κ3) is 2.71. The summed E-state index contributed by atoms with van der Waals surface area (Å²) in [4.78, 5) is 5.75. The standard InChI is InChI=1S/C13H17N3OS3/c1-3-9-10(19-5-4-18-9)12-15-13(17-16-12)8-6-7(2)20-11(8)14/h6,9-10H,3-5,14H2,1-2H3. The Morgan fingerprint density at radius 1 is 1.40 bits per heavy atom. The van der Waals surface area contributed by atoms with E-state index in [1.807, 2.05) is 36.5 Å². The van der Waals surface area contributed by atoms with Crippen LogP contribution in [0.3, 0.4) is 0 Å². The van der Waals surface area contributed by atoms with Crippen molar-refractivity contribution in [2.75, 3.05) is 17.2 Å². The van der Waals surface area contributed by atoms with Gasteiger partial charge in [0.15, 0.2) is 5.82 Å². The molecule has 0 bridgehead atoms. The molecule has 4 nitrogen and oxygen atoms in total. The van der Waals surface area contributed by atoms with Gasteiger partial charge in [0.25, 0.3) is 5.89 Å². The number of nitrogens with zero attached hydrogens (tertiary/aromatic N) is 2. The predicted octanol–water partition coefficient (Wildman–Crippen LogP) is 3.99. The van der Waals surface area contributed by atoms with Crippen LogP contribution in [-0.4, -0.2) is 26.9 Å². The van der Waals surface area contributed by atoms with Crippen LogP contribution in [0.15, 0.2) is 10.6 Å². The quantitative estimate of drug-likeness (QED) is 0.919. The maximum atomic E-state index is 6.00. The molecule has 7 heteroatoms. The number of rotatable bonds is 3. The molecule has 0 aliphatic carbocycles. The van der Waals surface area contributed by atoms with Gasteiger partial charge in [0, 0.05) is 21.6 Å². The highest BCUT2D eigenvalue weighted by Gasteiger charge is 2.30. The highest BCUT2D eigenvalue weighted by molar-refractivity contribution is 8.06. The van der Waals surface area contributed by atoms with Crippen molar-refractivity contribution in [3.63, 3.8) is 0 Å². The van der Waals surface area contributed by atoms with E-state index in [4.69, 9.17) is 10.3 Å². The molecule has 2 unspecified atom stereocenters. The first-order valence-corrected chi connectivity index (χ1v) is 9.53. The van der Waals surface area contributed by atoms with Gasteiger partial charge in [0.1, 0.15) is 0 Å². The van der Waals surface area contributed by atoms with Crippen LogP contribution in [0.2, 0.25) is 0 Å². The van der Waals surface area contributed by atoms with Gasteiger partial charge in [-0.05, 0) is 19.4 Å². The Kier molecular flexibility index (Phi) is 4.28. The number of thioether (sulfide) groups is 2. The van der Waals surface area contributed by atoms with Crippen molar-refractivity contribution in [3.8, 4) is 11.5 Å². The van der Waals surface area contributed by atoms with Gasteiger partial charge in [-0.15, -0.1) is 23.1 Å². The summed E-state index contributed by atoms with van der Waals surface area (Å²) in [5, 5.41) is 5.84. The van der Waals surface area contributed by atoms with Gasteiger partial charge in [0.2, 0.25) is 0 Å². The van der Waals surface area contributed by atoms with E-state index in [2.05, 4.69) is 17.1 Å². The molecule has 108 valence electrons. The van der Waals surface area contributed by atoms with Gasteiger partial charge in [-0.2, -0.15) is 16.7 Å². The molecule has 2 aromatic rings. The zero-order chi connectivity index (χ0) is 14.1. The highest BCUT2D eigenvalue weighted by atomic mass is 32.2. The summed E-state index contributed by atoms with van der Waals surface area (Å²) in [6.07, 6.45) is 1.13. The monoisotopic (exact) mass is 327 g/mol. The number of anilines is 1. The van der Waals surface area contributed by atoms with E-state index in [0.29, 0.717) is 16.4 Å². The van der Waals surface area contributed by atoms with Crippen LogP contribution < -0.4 is 5.73 Å². The minimum Gasteiger partial charge on any atom is -0.390 e. The van der Waals surface area contributed by atoms with E-state index in [1.165, 1.54) is 5.75 Å².